The van der Waals surface area contributed by atoms with Crippen LogP contribution in [-0.2, 0) is 4.79 Å². The van der Waals surface area contributed by atoms with E-state index in [1.54, 1.807) is 0 Å². The summed E-state index contributed by atoms with van der Waals surface area (Å²) >= 11 is 0. The fourth-order valence-corrected chi connectivity index (χ4v) is 2.94. The summed E-state index contributed by atoms with van der Waals surface area (Å²) in [5.41, 5.74) is 0. The van der Waals surface area contributed by atoms with Crippen LogP contribution in [0.3, 0.4) is 0 Å². The average molecular weight is 255 g/mol. The molecule has 0 saturated carbocycles. The molecule has 1 N–H and O–H groups in total. The zero-order chi connectivity index (χ0) is 13.7. The molecule has 18 heavy (non-hydrogen) atoms. The minimum absolute atomic E-state index is 0.0219. The van der Waals surface area contributed by atoms with Crippen LogP contribution in [0.2, 0.25) is 0 Å². The van der Waals surface area contributed by atoms with E-state index < -0.39 is 0 Å². The van der Waals surface area contributed by atoms with Crippen LogP contribution in [-0.4, -0.2) is 62.0 Å². The van der Waals surface area contributed by atoms with Gasteiger partial charge in [-0.1, -0.05) is 13.8 Å². The highest BCUT2D eigenvalue weighted by Crippen LogP contribution is 2.17. The van der Waals surface area contributed by atoms with Gasteiger partial charge in [0, 0.05) is 12.6 Å². The molecular weight excluding hydrogens is 226 g/mol. The number of hydrogen-bond donors (Lipinski definition) is 1. The van der Waals surface area contributed by atoms with Crippen molar-refractivity contribution in [3.8, 4) is 0 Å². The molecule has 1 aliphatic rings. The monoisotopic (exact) mass is 255 g/mol. The van der Waals surface area contributed by atoms with Gasteiger partial charge >= 0.3 is 0 Å². The van der Waals surface area contributed by atoms with Crippen molar-refractivity contribution in [1.82, 2.24) is 15.1 Å². The highest BCUT2D eigenvalue weighted by atomic mass is 16.2. The minimum atomic E-state index is -0.0219. The molecule has 0 aromatic heterocycles. The summed E-state index contributed by atoms with van der Waals surface area (Å²) in [5, 5.41) is 3.09. The summed E-state index contributed by atoms with van der Waals surface area (Å²) in [4.78, 5) is 16.5. The third-order valence-electron chi connectivity index (χ3n) is 3.90. The van der Waals surface area contributed by atoms with E-state index in [9.17, 15) is 4.79 Å². The van der Waals surface area contributed by atoms with E-state index in [-0.39, 0.29) is 11.9 Å². The standard InChI is InChI=1S/C14H29N3O/c1-11(2)13(16(3)4)14(18)15-9-8-12-7-6-10-17(12)5/h11-13H,6-10H2,1-5H3,(H,15,18)/t12?,13-/m1/s1. The maximum atomic E-state index is 12.1. The Morgan fingerprint density at radius 1 is 1.44 bits per heavy atom. The first kappa shape index (κ1) is 15.4. The van der Waals surface area contributed by atoms with Gasteiger partial charge in [-0.2, -0.15) is 0 Å². The molecule has 1 aliphatic heterocycles. The van der Waals surface area contributed by atoms with Crippen molar-refractivity contribution in [3.63, 3.8) is 0 Å². The van der Waals surface area contributed by atoms with Crippen molar-refractivity contribution in [2.45, 2.75) is 45.2 Å². The van der Waals surface area contributed by atoms with Crippen LogP contribution in [0.15, 0.2) is 0 Å². The fraction of sp³-hybridized carbons (Fsp3) is 0.929. The Labute approximate surface area is 112 Å². The first-order valence-corrected chi connectivity index (χ1v) is 7.08. The van der Waals surface area contributed by atoms with Gasteiger partial charge in [-0.15, -0.1) is 0 Å². The van der Waals surface area contributed by atoms with Gasteiger partial charge in [-0.3, -0.25) is 9.69 Å². The molecule has 1 heterocycles. The van der Waals surface area contributed by atoms with Crippen LogP contribution in [0.1, 0.15) is 33.1 Å². The van der Waals surface area contributed by atoms with Crippen LogP contribution in [0.4, 0.5) is 0 Å². The van der Waals surface area contributed by atoms with Crippen molar-refractivity contribution < 1.29 is 4.79 Å². The predicted molar refractivity (Wildman–Crippen MR) is 75.6 cm³/mol. The molecule has 0 radical (unpaired) electrons. The number of rotatable bonds is 6. The normalized spacial score (nSPS) is 22.7. The molecule has 0 aromatic carbocycles. The number of likely N-dealkylation sites (N-methyl/N-ethyl adjacent to an activating group) is 1. The van der Waals surface area contributed by atoms with Gasteiger partial charge in [0.2, 0.25) is 5.91 Å². The van der Waals surface area contributed by atoms with Gasteiger partial charge in [0.05, 0.1) is 6.04 Å². The molecule has 4 heteroatoms. The second-order valence-electron chi connectivity index (χ2n) is 6.01. The van der Waals surface area contributed by atoms with Crippen LogP contribution in [0.25, 0.3) is 0 Å². The lowest BCUT2D eigenvalue weighted by molar-refractivity contribution is -0.126. The lowest BCUT2D eigenvalue weighted by atomic mass is 10.0. The van der Waals surface area contributed by atoms with Crippen LogP contribution < -0.4 is 5.32 Å². The van der Waals surface area contributed by atoms with Gasteiger partial charge in [-0.05, 0) is 52.9 Å². The van der Waals surface area contributed by atoms with E-state index >= 15 is 0 Å². The zero-order valence-corrected chi connectivity index (χ0v) is 12.6. The summed E-state index contributed by atoms with van der Waals surface area (Å²) < 4.78 is 0. The molecule has 2 atom stereocenters. The second kappa shape index (κ2) is 7.10. The number of nitrogens with zero attached hydrogens (tertiary/aromatic N) is 2. The van der Waals surface area contributed by atoms with Crippen LogP contribution >= 0.6 is 0 Å². The third kappa shape index (κ3) is 4.25. The molecule has 0 aliphatic carbocycles. The number of carbonyl (C=O) groups is 1. The summed E-state index contributed by atoms with van der Waals surface area (Å²) in [6.45, 7) is 6.18. The molecular formula is C14H29N3O. The number of hydrogen-bond acceptors (Lipinski definition) is 3. The van der Waals surface area contributed by atoms with E-state index in [2.05, 4.69) is 31.1 Å². The third-order valence-corrected chi connectivity index (χ3v) is 3.90. The molecule has 0 bridgehead atoms. The molecule has 0 aromatic rings. The number of nitrogens with one attached hydrogen (secondary N) is 1. The lowest BCUT2D eigenvalue weighted by Crippen LogP contribution is -2.47. The Bertz CT molecular complexity index is 258. The van der Waals surface area contributed by atoms with Gasteiger partial charge in [0.25, 0.3) is 0 Å². The highest BCUT2D eigenvalue weighted by molar-refractivity contribution is 5.81. The summed E-state index contributed by atoms with van der Waals surface area (Å²) in [6, 6.07) is 0.633. The topological polar surface area (TPSA) is 35.6 Å². The maximum absolute atomic E-state index is 12.1. The first-order chi connectivity index (χ1) is 8.43. The number of likely N-dealkylation sites (tertiary alicyclic amines) is 1. The van der Waals surface area contributed by atoms with Crippen LogP contribution in [0.5, 0.6) is 0 Å². The molecule has 0 spiro atoms. The van der Waals surface area contributed by atoms with E-state index in [0.717, 1.165) is 13.0 Å². The van der Waals surface area contributed by atoms with Crippen molar-refractivity contribution >= 4 is 5.91 Å². The highest BCUT2D eigenvalue weighted by Gasteiger charge is 2.25. The average Bonchev–Trinajstić information content (AvgIpc) is 2.63. The lowest BCUT2D eigenvalue weighted by Gasteiger charge is -2.27. The minimum Gasteiger partial charge on any atom is -0.355 e. The van der Waals surface area contributed by atoms with Crippen molar-refractivity contribution in [3.05, 3.63) is 0 Å². The maximum Gasteiger partial charge on any atom is 0.237 e. The summed E-state index contributed by atoms with van der Waals surface area (Å²) in [7, 11) is 6.11. The molecule has 1 rings (SSSR count). The van der Waals surface area contributed by atoms with Gasteiger partial charge in [0.15, 0.2) is 0 Å². The van der Waals surface area contributed by atoms with Crippen molar-refractivity contribution in [2.24, 2.45) is 5.92 Å². The van der Waals surface area contributed by atoms with Crippen molar-refractivity contribution in [1.29, 1.82) is 0 Å². The largest absolute Gasteiger partial charge is 0.355 e. The van der Waals surface area contributed by atoms with Crippen molar-refractivity contribution in [2.75, 3.05) is 34.2 Å². The van der Waals surface area contributed by atoms with E-state index in [1.165, 1.54) is 19.4 Å². The van der Waals surface area contributed by atoms with Crippen LogP contribution in [0, 0.1) is 5.92 Å². The molecule has 1 amide bonds. The van der Waals surface area contributed by atoms with Gasteiger partial charge < -0.3 is 10.2 Å². The molecule has 1 saturated heterocycles. The zero-order valence-electron chi connectivity index (χ0n) is 12.6. The molecule has 1 unspecified atom stereocenters. The Morgan fingerprint density at radius 2 is 2.11 bits per heavy atom. The summed E-state index contributed by atoms with van der Waals surface area (Å²) in [5.74, 6) is 0.504. The molecule has 1 fully saturated rings. The Morgan fingerprint density at radius 3 is 2.56 bits per heavy atom. The van der Waals surface area contributed by atoms with E-state index in [4.69, 9.17) is 0 Å². The first-order valence-electron chi connectivity index (χ1n) is 7.08. The Hall–Kier alpha value is -0.610. The SMILES string of the molecule is CC(C)[C@H](C(=O)NCCC1CCCN1C)N(C)C. The predicted octanol–water partition coefficient (Wildman–Crippen LogP) is 1.17. The van der Waals surface area contributed by atoms with E-state index in [1.807, 2.05) is 19.0 Å². The smallest absolute Gasteiger partial charge is 0.237 e. The van der Waals surface area contributed by atoms with Gasteiger partial charge in [-0.25, -0.2) is 0 Å². The molecule has 106 valence electrons. The second-order valence-corrected chi connectivity index (χ2v) is 6.01. The number of carbonyl (C=O) groups excluding carboxylic acids is 1. The van der Waals surface area contributed by atoms with Gasteiger partial charge in [0.1, 0.15) is 0 Å². The van der Waals surface area contributed by atoms with E-state index in [0.29, 0.717) is 12.0 Å². The summed E-state index contributed by atoms with van der Waals surface area (Å²) in [6.07, 6.45) is 3.63. The Kier molecular flexibility index (Phi) is 6.09. The Balaban J connectivity index is 2.31. The fourth-order valence-electron chi connectivity index (χ4n) is 2.94. The number of amides is 1. The molecule has 4 nitrogen and oxygen atoms in total. The quantitative estimate of drug-likeness (QED) is 0.774.